The van der Waals surface area contributed by atoms with Crippen LogP contribution in [0.15, 0.2) is 75.3 Å². The highest BCUT2D eigenvalue weighted by Crippen LogP contribution is 2.44. The van der Waals surface area contributed by atoms with Gasteiger partial charge in [-0.2, -0.15) is 0 Å². The van der Waals surface area contributed by atoms with Crippen molar-refractivity contribution in [3.05, 3.63) is 98.3 Å². The number of thiophene rings is 1. The highest BCUT2D eigenvalue weighted by Gasteiger charge is 2.44. The maximum absolute atomic E-state index is 13.5. The number of para-hydroxylation sites is 1. The third-order valence-corrected chi connectivity index (χ3v) is 6.33. The van der Waals surface area contributed by atoms with Crippen molar-refractivity contribution in [1.29, 1.82) is 0 Å². The molecular formula is C24H18FNO4S. The summed E-state index contributed by atoms with van der Waals surface area (Å²) in [5.41, 5.74) is 0.727. The second-order valence-corrected chi connectivity index (χ2v) is 8.35. The van der Waals surface area contributed by atoms with Gasteiger partial charge in [0.05, 0.1) is 16.9 Å². The number of halogens is 1. The number of hydrogen-bond acceptors (Lipinski definition) is 5. The van der Waals surface area contributed by atoms with Crippen molar-refractivity contribution in [2.75, 3.05) is 6.54 Å². The van der Waals surface area contributed by atoms with Crippen molar-refractivity contribution in [2.24, 2.45) is 0 Å². The molecule has 5 rings (SSSR count). The van der Waals surface area contributed by atoms with Gasteiger partial charge in [0.2, 0.25) is 0 Å². The van der Waals surface area contributed by atoms with Gasteiger partial charge in [-0.3, -0.25) is 4.79 Å². The van der Waals surface area contributed by atoms with E-state index in [0.717, 1.165) is 4.88 Å². The summed E-state index contributed by atoms with van der Waals surface area (Å²) in [7, 11) is 0. The van der Waals surface area contributed by atoms with Gasteiger partial charge in [0, 0.05) is 11.4 Å². The van der Waals surface area contributed by atoms with Crippen molar-refractivity contribution in [3.8, 4) is 5.75 Å². The molecule has 5 nitrogen and oxygen atoms in total. The Balaban J connectivity index is 1.52. The molecule has 1 N–H and O–H groups in total. The Kier molecular flexibility index (Phi) is 5.03. The van der Waals surface area contributed by atoms with Gasteiger partial charge < -0.3 is 14.5 Å². The monoisotopic (exact) mass is 435 g/mol. The summed E-state index contributed by atoms with van der Waals surface area (Å²) in [4.78, 5) is 27.1. The second kappa shape index (κ2) is 8.00. The minimum Gasteiger partial charge on any atom is -0.478 e. The molecule has 0 spiro atoms. The fourth-order valence-electron chi connectivity index (χ4n) is 3.96. The third kappa shape index (κ3) is 3.61. The van der Waals surface area contributed by atoms with Crippen molar-refractivity contribution >= 4 is 28.2 Å². The molecule has 2 aromatic carbocycles. The first kappa shape index (κ1) is 19.5. The van der Waals surface area contributed by atoms with E-state index in [4.69, 9.17) is 9.15 Å². The Morgan fingerprint density at radius 1 is 1.06 bits per heavy atom. The van der Waals surface area contributed by atoms with E-state index in [9.17, 15) is 14.0 Å². The molecule has 2 atom stereocenters. The van der Waals surface area contributed by atoms with Crippen LogP contribution in [0.5, 0.6) is 5.75 Å². The molecule has 0 aliphatic carbocycles. The van der Waals surface area contributed by atoms with Gasteiger partial charge in [-0.25, -0.2) is 9.18 Å². The second-order valence-electron chi connectivity index (χ2n) is 7.32. The van der Waals surface area contributed by atoms with Gasteiger partial charge in [-0.15, -0.1) is 11.3 Å². The van der Waals surface area contributed by atoms with Gasteiger partial charge in [0.25, 0.3) is 5.91 Å². The summed E-state index contributed by atoms with van der Waals surface area (Å²) in [5, 5.41) is 5.52. The molecule has 0 saturated heterocycles. The zero-order valence-electron chi connectivity index (χ0n) is 16.3. The molecule has 1 aliphatic heterocycles. The molecule has 1 amide bonds. The summed E-state index contributed by atoms with van der Waals surface area (Å²) < 4.78 is 25.1. The third-order valence-electron chi connectivity index (χ3n) is 5.40. The van der Waals surface area contributed by atoms with E-state index < -0.39 is 23.5 Å². The van der Waals surface area contributed by atoms with E-state index >= 15 is 0 Å². The molecule has 2 aromatic heterocycles. The molecule has 4 aromatic rings. The van der Waals surface area contributed by atoms with Crippen molar-refractivity contribution in [3.63, 3.8) is 0 Å². The van der Waals surface area contributed by atoms with Gasteiger partial charge in [0.1, 0.15) is 17.1 Å². The zero-order valence-corrected chi connectivity index (χ0v) is 17.2. The number of rotatable bonds is 5. The number of nitrogens with one attached hydrogen (secondary N) is 1. The maximum Gasteiger partial charge on any atom is 0.344 e. The van der Waals surface area contributed by atoms with Crippen LogP contribution < -0.4 is 15.7 Å². The lowest BCUT2D eigenvalue weighted by atomic mass is 9.88. The fourth-order valence-corrected chi connectivity index (χ4v) is 4.67. The molecular weight excluding hydrogens is 417 g/mol. The quantitative estimate of drug-likeness (QED) is 0.476. The number of fused-ring (bicyclic) bond motifs is 3. The Hall–Kier alpha value is -3.45. The first-order valence-corrected chi connectivity index (χ1v) is 10.8. The SMILES string of the molecule is O=C(NCCc1cccs1)C1Oc2c(c(=O)oc3ccccc23)C1c1ccc(F)cc1. The van der Waals surface area contributed by atoms with Gasteiger partial charge in [-0.05, 0) is 47.7 Å². The molecule has 0 bridgehead atoms. The highest BCUT2D eigenvalue weighted by molar-refractivity contribution is 7.09. The minimum absolute atomic E-state index is 0.281. The van der Waals surface area contributed by atoms with E-state index in [0.29, 0.717) is 35.2 Å². The van der Waals surface area contributed by atoms with Crippen LogP contribution in [-0.2, 0) is 11.2 Å². The van der Waals surface area contributed by atoms with E-state index in [1.165, 1.54) is 12.1 Å². The predicted molar refractivity (Wildman–Crippen MR) is 116 cm³/mol. The van der Waals surface area contributed by atoms with Crippen LogP contribution >= 0.6 is 11.3 Å². The molecule has 0 fully saturated rings. The average Bonchev–Trinajstić information content (AvgIpc) is 3.43. The first-order chi connectivity index (χ1) is 15.1. The van der Waals surface area contributed by atoms with Crippen LogP contribution in [0.4, 0.5) is 4.39 Å². The van der Waals surface area contributed by atoms with Gasteiger partial charge in [-0.1, -0.05) is 30.3 Å². The zero-order chi connectivity index (χ0) is 21.4. The van der Waals surface area contributed by atoms with E-state index in [-0.39, 0.29) is 11.5 Å². The molecule has 156 valence electrons. The summed E-state index contributed by atoms with van der Waals surface area (Å²) in [6, 6.07) is 16.8. The lowest BCUT2D eigenvalue weighted by molar-refractivity contribution is -0.127. The van der Waals surface area contributed by atoms with Crippen LogP contribution in [0.1, 0.15) is 21.9 Å². The largest absolute Gasteiger partial charge is 0.478 e. The summed E-state index contributed by atoms with van der Waals surface area (Å²) in [6.45, 7) is 0.445. The molecule has 2 unspecified atom stereocenters. The smallest absolute Gasteiger partial charge is 0.344 e. The number of amides is 1. The Morgan fingerprint density at radius 3 is 2.65 bits per heavy atom. The van der Waals surface area contributed by atoms with Crippen LogP contribution in [0.3, 0.4) is 0 Å². The molecule has 1 aliphatic rings. The molecule has 3 heterocycles. The van der Waals surface area contributed by atoms with Crippen molar-refractivity contribution < 1.29 is 18.3 Å². The van der Waals surface area contributed by atoms with Crippen LogP contribution in [-0.4, -0.2) is 18.6 Å². The number of hydrogen-bond donors (Lipinski definition) is 1. The predicted octanol–water partition coefficient (Wildman–Crippen LogP) is 4.25. The molecule has 31 heavy (non-hydrogen) atoms. The van der Waals surface area contributed by atoms with Crippen molar-refractivity contribution in [2.45, 2.75) is 18.4 Å². The topological polar surface area (TPSA) is 68.5 Å². The molecule has 0 saturated carbocycles. The van der Waals surface area contributed by atoms with Crippen LogP contribution in [0.25, 0.3) is 11.0 Å². The van der Waals surface area contributed by atoms with Crippen molar-refractivity contribution in [1.82, 2.24) is 5.32 Å². The number of ether oxygens (including phenoxy) is 1. The highest BCUT2D eigenvalue weighted by atomic mass is 32.1. The van der Waals surface area contributed by atoms with Gasteiger partial charge in [0.15, 0.2) is 6.10 Å². The lowest BCUT2D eigenvalue weighted by Crippen LogP contribution is -2.41. The molecule has 0 radical (unpaired) electrons. The van der Waals surface area contributed by atoms with E-state index in [1.807, 2.05) is 23.6 Å². The maximum atomic E-state index is 13.5. The number of carbonyl (C=O) groups is 1. The average molecular weight is 435 g/mol. The Morgan fingerprint density at radius 2 is 1.87 bits per heavy atom. The first-order valence-electron chi connectivity index (χ1n) is 9.90. The standard InChI is InChI=1S/C24H18FNO4S/c25-15-9-7-14(8-10-15)19-20-21(17-5-1-2-6-18(17)29-24(20)28)30-22(19)23(27)26-12-11-16-4-3-13-31-16/h1-10,13,19,22H,11-12H2,(H,26,27). The fraction of sp³-hybridized carbons (Fsp3) is 0.167. The summed E-state index contributed by atoms with van der Waals surface area (Å²) in [5.74, 6) is -1.08. The van der Waals surface area contributed by atoms with E-state index in [1.54, 1.807) is 41.7 Å². The normalized spacial score (nSPS) is 17.3. The van der Waals surface area contributed by atoms with Gasteiger partial charge >= 0.3 is 5.63 Å². The Bertz CT molecular complexity index is 1300. The van der Waals surface area contributed by atoms with Crippen LogP contribution in [0.2, 0.25) is 0 Å². The minimum atomic E-state index is -0.961. The Labute approximate surface area is 181 Å². The van der Waals surface area contributed by atoms with Crippen LogP contribution in [0, 0.1) is 5.82 Å². The number of carbonyl (C=O) groups excluding carboxylic acids is 1. The lowest BCUT2D eigenvalue weighted by Gasteiger charge is -2.18. The van der Waals surface area contributed by atoms with E-state index in [2.05, 4.69) is 5.32 Å². The number of benzene rings is 2. The molecule has 7 heteroatoms. The summed E-state index contributed by atoms with van der Waals surface area (Å²) in [6.07, 6.45) is -0.257. The summed E-state index contributed by atoms with van der Waals surface area (Å²) >= 11 is 1.63.